The quantitative estimate of drug-likeness (QED) is 0.383. The molecule has 0 aromatic heterocycles. The van der Waals surface area contributed by atoms with Crippen LogP contribution in [0.4, 0.5) is 5.69 Å². The Morgan fingerprint density at radius 1 is 1.38 bits per heavy atom. The molecule has 0 heterocycles. The second kappa shape index (κ2) is 5.91. The molecular weight excluding hydrogens is 288 g/mol. The zero-order valence-corrected chi connectivity index (χ0v) is 9.71. The first kappa shape index (κ1) is 15.8. The van der Waals surface area contributed by atoms with Gasteiger partial charge in [0, 0.05) is 0 Å². The third-order valence-corrected chi connectivity index (χ3v) is 3.62. The molecule has 16 heavy (non-hydrogen) atoms. The molecule has 8 heteroatoms. The molecule has 0 bridgehead atoms. The first-order valence-electron chi connectivity index (χ1n) is 3.97. The minimum absolute atomic E-state index is 0. The number of nitrogens with one attached hydrogen (secondary N) is 1. The van der Waals surface area contributed by atoms with Crippen molar-refractivity contribution in [3.63, 3.8) is 0 Å². The van der Waals surface area contributed by atoms with Gasteiger partial charge in [0.1, 0.15) is 0 Å². The molecule has 0 saturated heterocycles. The second-order valence-corrected chi connectivity index (χ2v) is 6.29. The van der Waals surface area contributed by atoms with Gasteiger partial charge in [-0.2, -0.15) is 0 Å². The van der Waals surface area contributed by atoms with Crippen LogP contribution in [-0.2, 0) is 8.53 Å². The predicted molar refractivity (Wildman–Crippen MR) is 60.1 cm³/mol. The third kappa shape index (κ3) is 4.33. The molecule has 1 amide bonds. The third-order valence-electron chi connectivity index (χ3n) is 1.63. The molecule has 0 atom stereocenters. The summed E-state index contributed by atoms with van der Waals surface area (Å²) in [6, 6.07) is 3.32. The van der Waals surface area contributed by atoms with Gasteiger partial charge in [-0.25, -0.2) is 0 Å². The Morgan fingerprint density at radius 2 is 1.94 bits per heavy atom. The van der Waals surface area contributed by atoms with Crippen molar-refractivity contribution >= 4 is 59.7 Å². The first-order valence-corrected chi connectivity index (χ1v) is 7.35. The van der Waals surface area contributed by atoms with Gasteiger partial charge in [-0.1, -0.05) is 0 Å². The van der Waals surface area contributed by atoms with E-state index >= 15 is 0 Å². The summed E-state index contributed by atoms with van der Waals surface area (Å²) >= 11 is -4.98. The van der Waals surface area contributed by atoms with Crippen LogP contribution in [0.1, 0.15) is 6.92 Å². The number of phenols is 1. The molecule has 0 spiro atoms. The topological polar surface area (TPSA) is 107 Å². The van der Waals surface area contributed by atoms with E-state index in [1.54, 1.807) is 0 Å². The Hall–Kier alpha value is -0.232. The molecule has 84 valence electrons. The van der Waals surface area contributed by atoms with Crippen molar-refractivity contribution in [3.05, 3.63) is 18.2 Å². The molecule has 1 aromatic carbocycles. The predicted octanol–water partition coefficient (Wildman–Crippen LogP) is -1.74. The molecule has 0 fully saturated rings. The van der Waals surface area contributed by atoms with Gasteiger partial charge in [-0.05, 0) is 0 Å². The second-order valence-electron chi connectivity index (χ2n) is 2.93. The summed E-state index contributed by atoms with van der Waals surface area (Å²) < 4.78 is 28.6. The van der Waals surface area contributed by atoms with E-state index in [1.165, 1.54) is 6.92 Å². The van der Waals surface area contributed by atoms with E-state index in [0.29, 0.717) is 0 Å². The normalized spacial score (nSPS) is 10.4. The number of phenolic OH excluding ortho intramolecular Hbond substituents is 1. The number of carbonyl (C=O) groups excluding carboxylic acids is 1. The molecule has 1 aromatic rings. The zero-order valence-electron chi connectivity index (χ0n) is 7.84. The average Bonchev–Trinajstić information content (AvgIpc) is 2.06. The Morgan fingerprint density at radius 3 is 2.38 bits per heavy atom. The molecule has 0 saturated carbocycles. The Kier molecular flexibility index (Phi) is 5.82. The molecule has 0 radical (unpaired) electrons. The first-order chi connectivity index (χ1) is 6.80. The summed E-state index contributed by atoms with van der Waals surface area (Å²) in [4.78, 5) is 10.7. The number of carbonyl (C=O) groups is 1. The van der Waals surface area contributed by atoms with Crippen LogP contribution in [0.2, 0.25) is 0 Å². The van der Waals surface area contributed by atoms with Gasteiger partial charge < -0.3 is 0 Å². The van der Waals surface area contributed by atoms with Gasteiger partial charge in [-0.3, -0.25) is 0 Å². The summed E-state index contributed by atoms with van der Waals surface area (Å²) in [6.07, 6.45) is 0. The number of anilines is 1. The van der Waals surface area contributed by atoms with E-state index < -0.39 is 20.1 Å². The molecular formula is C8H11AsNNaO5. The van der Waals surface area contributed by atoms with Crippen LogP contribution in [0.3, 0.4) is 0 Å². The van der Waals surface area contributed by atoms with Gasteiger partial charge in [0.05, 0.1) is 0 Å². The Labute approximate surface area is 117 Å². The zero-order chi connectivity index (χ0) is 11.6. The minimum atomic E-state index is -4.98. The van der Waals surface area contributed by atoms with Crippen molar-refractivity contribution in [2.45, 2.75) is 6.92 Å². The van der Waals surface area contributed by atoms with Crippen LogP contribution in [-0.4, -0.2) is 62.9 Å². The van der Waals surface area contributed by atoms with Gasteiger partial charge in [0.25, 0.3) is 0 Å². The van der Waals surface area contributed by atoms with Crippen molar-refractivity contribution in [1.82, 2.24) is 0 Å². The molecule has 6 nitrogen and oxygen atoms in total. The number of aromatic hydroxyl groups is 1. The molecule has 0 aliphatic carbocycles. The van der Waals surface area contributed by atoms with Crippen molar-refractivity contribution in [2.24, 2.45) is 0 Å². The number of benzene rings is 1. The van der Waals surface area contributed by atoms with Crippen molar-refractivity contribution < 1.29 is 21.8 Å². The van der Waals surface area contributed by atoms with Crippen molar-refractivity contribution in [3.8, 4) is 5.75 Å². The standard InChI is InChI=1S/C8H10AsNO5.Na.H/c1-5(11)10-7-4-6(9(13,14)15)2-3-8(7)12;;/h2-4,12H,1H3,(H,10,11)(H2,13,14,15);;. The summed E-state index contributed by atoms with van der Waals surface area (Å²) in [7, 11) is 0. The van der Waals surface area contributed by atoms with E-state index in [2.05, 4.69) is 5.32 Å². The van der Waals surface area contributed by atoms with Gasteiger partial charge in [-0.15, -0.1) is 0 Å². The maximum atomic E-state index is 10.9. The molecule has 0 unspecified atom stereocenters. The Balaban J connectivity index is 0.00000225. The fourth-order valence-corrected chi connectivity index (χ4v) is 2.18. The molecule has 1 rings (SSSR count). The number of hydrogen-bond acceptors (Lipinski definition) is 3. The fourth-order valence-electron chi connectivity index (χ4n) is 0.995. The van der Waals surface area contributed by atoms with Gasteiger partial charge >= 0.3 is 118 Å². The van der Waals surface area contributed by atoms with E-state index in [0.717, 1.165) is 18.2 Å². The molecule has 0 aliphatic rings. The van der Waals surface area contributed by atoms with Gasteiger partial charge in [0.2, 0.25) is 0 Å². The number of hydrogen-bond donors (Lipinski definition) is 4. The van der Waals surface area contributed by atoms with Crippen LogP contribution in [0, 0.1) is 0 Å². The van der Waals surface area contributed by atoms with Crippen LogP contribution in [0.5, 0.6) is 5.75 Å². The van der Waals surface area contributed by atoms with Crippen molar-refractivity contribution in [1.29, 1.82) is 0 Å². The van der Waals surface area contributed by atoms with E-state index in [9.17, 15) is 13.6 Å². The average molecular weight is 299 g/mol. The van der Waals surface area contributed by atoms with E-state index in [1.807, 2.05) is 0 Å². The van der Waals surface area contributed by atoms with E-state index in [4.69, 9.17) is 8.19 Å². The Bertz CT molecular complexity index is 444. The SMILES string of the molecule is CC(=O)Nc1cc([As](=O)(O)O)ccc1O.[NaH]. The molecule has 0 aliphatic heterocycles. The number of rotatable bonds is 2. The van der Waals surface area contributed by atoms with Gasteiger partial charge in [0.15, 0.2) is 0 Å². The van der Waals surface area contributed by atoms with Crippen LogP contribution >= 0.6 is 0 Å². The number of amides is 1. The van der Waals surface area contributed by atoms with Crippen LogP contribution < -0.4 is 9.67 Å². The van der Waals surface area contributed by atoms with Crippen molar-refractivity contribution in [2.75, 3.05) is 5.32 Å². The summed E-state index contributed by atoms with van der Waals surface area (Å²) in [5.74, 6) is -0.668. The summed E-state index contributed by atoms with van der Waals surface area (Å²) in [6.45, 7) is 1.23. The molecule has 4 N–H and O–H groups in total. The van der Waals surface area contributed by atoms with Crippen LogP contribution in [0.15, 0.2) is 18.2 Å². The summed E-state index contributed by atoms with van der Waals surface area (Å²) in [5, 5.41) is 11.6. The fraction of sp³-hybridized carbons (Fsp3) is 0.125. The van der Waals surface area contributed by atoms with Crippen LogP contribution in [0.25, 0.3) is 0 Å². The van der Waals surface area contributed by atoms with E-state index in [-0.39, 0.29) is 45.3 Å². The summed E-state index contributed by atoms with van der Waals surface area (Å²) in [5.41, 5.74) is -0.00951. The maximum absolute atomic E-state index is 10.9. The monoisotopic (exact) mass is 299 g/mol.